The Kier molecular flexibility index (Phi) is 4.53. The third-order valence-corrected chi connectivity index (χ3v) is 4.50. The predicted octanol–water partition coefficient (Wildman–Crippen LogP) is 2.90. The fraction of sp³-hybridized carbons (Fsp3) is 0.368. The number of rotatable bonds is 4. The summed E-state index contributed by atoms with van der Waals surface area (Å²) in [4.78, 5) is 0. The number of hydrogen-bond acceptors (Lipinski definition) is 5. The Bertz CT molecular complexity index is 754. The Morgan fingerprint density at radius 2 is 1.17 bits per heavy atom. The lowest BCUT2D eigenvalue weighted by Gasteiger charge is -2.16. The third-order valence-electron chi connectivity index (χ3n) is 4.50. The van der Waals surface area contributed by atoms with Crippen LogP contribution in [-0.2, 0) is 12.8 Å². The van der Waals surface area contributed by atoms with Crippen molar-refractivity contribution in [2.45, 2.75) is 18.9 Å². The maximum Gasteiger partial charge on any atom is 0.161 e. The monoisotopic (exact) mass is 330 g/mol. The van der Waals surface area contributed by atoms with E-state index in [1.807, 2.05) is 24.3 Å². The van der Waals surface area contributed by atoms with Gasteiger partial charge in [-0.2, -0.15) is 0 Å². The number of benzene rings is 2. The highest BCUT2D eigenvalue weighted by Gasteiger charge is 2.24. The Balaban J connectivity index is 2.12. The second kappa shape index (κ2) is 6.61. The lowest BCUT2D eigenvalue weighted by atomic mass is 9.99. The number of methoxy groups -OCH3 is 4. The first-order valence-corrected chi connectivity index (χ1v) is 7.77. The van der Waals surface area contributed by atoms with Gasteiger partial charge in [0.2, 0.25) is 0 Å². The first kappa shape index (κ1) is 16.5. The van der Waals surface area contributed by atoms with Crippen molar-refractivity contribution in [1.82, 2.24) is 0 Å². The number of ether oxygens (including phenoxy) is 4. The van der Waals surface area contributed by atoms with Crippen LogP contribution in [0.25, 0.3) is 0 Å². The van der Waals surface area contributed by atoms with Crippen LogP contribution in [0.2, 0.25) is 0 Å². The number of aliphatic hydroxyl groups excluding tert-OH is 1. The van der Waals surface area contributed by atoms with Crippen LogP contribution < -0.4 is 18.9 Å². The van der Waals surface area contributed by atoms with Gasteiger partial charge in [-0.05, 0) is 52.9 Å². The molecule has 5 nitrogen and oxygen atoms in total. The molecule has 0 saturated carbocycles. The maximum absolute atomic E-state index is 10.7. The fourth-order valence-electron chi connectivity index (χ4n) is 3.24. The fourth-order valence-corrected chi connectivity index (χ4v) is 3.24. The molecule has 0 heterocycles. The number of aliphatic hydroxyl groups is 1. The van der Waals surface area contributed by atoms with E-state index in [1.54, 1.807) is 28.4 Å². The van der Waals surface area contributed by atoms with Crippen molar-refractivity contribution in [2.24, 2.45) is 0 Å². The van der Waals surface area contributed by atoms with Crippen molar-refractivity contribution in [2.75, 3.05) is 28.4 Å². The summed E-state index contributed by atoms with van der Waals surface area (Å²) in [6, 6.07) is 7.72. The van der Waals surface area contributed by atoms with Gasteiger partial charge in [0.25, 0.3) is 0 Å². The normalized spacial score (nSPS) is 15.8. The highest BCUT2D eigenvalue weighted by molar-refractivity contribution is 5.55. The number of fused-ring (bicyclic) bond motifs is 2. The Hall–Kier alpha value is -2.40. The summed E-state index contributed by atoms with van der Waals surface area (Å²) in [5.41, 5.74) is 4.04. The van der Waals surface area contributed by atoms with Crippen molar-refractivity contribution < 1.29 is 24.1 Å². The lowest BCUT2D eigenvalue weighted by Crippen LogP contribution is -2.04. The molecule has 1 atom stereocenters. The van der Waals surface area contributed by atoms with Crippen LogP contribution in [0.5, 0.6) is 23.0 Å². The minimum Gasteiger partial charge on any atom is -0.493 e. The van der Waals surface area contributed by atoms with Gasteiger partial charge in [-0.3, -0.25) is 0 Å². The van der Waals surface area contributed by atoms with Gasteiger partial charge in [-0.25, -0.2) is 0 Å². The first-order chi connectivity index (χ1) is 11.6. The highest BCUT2D eigenvalue weighted by Crippen LogP contribution is 2.40. The third kappa shape index (κ3) is 2.76. The van der Waals surface area contributed by atoms with Gasteiger partial charge in [0.1, 0.15) is 0 Å². The van der Waals surface area contributed by atoms with E-state index in [0.29, 0.717) is 35.8 Å². The minimum absolute atomic E-state index is 0.512. The summed E-state index contributed by atoms with van der Waals surface area (Å²) >= 11 is 0. The summed E-state index contributed by atoms with van der Waals surface area (Å²) in [6.45, 7) is 0. The maximum atomic E-state index is 10.7. The average molecular weight is 330 g/mol. The second-order valence-corrected chi connectivity index (χ2v) is 5.78. The molecule has 1 N–H and O–H groups in total. The Morgan fingerprint density at radius 1 is 0.708 bits per heavy atom. The zero-order valence-electron chi connectivity index (χ0n) is 14.4. The quantitative estimate of drug-likeness (QED) is 0.934. The molecule has 0 saturated heterocycles. The molecule has 2 aromatic rings. The van der Waals surface area contributed by atoms with Crippen LogP contribution in [-0.4, -0.2) is 33.5 Å². The molecule has 24 heavy (non-hydrogen) atoms. The van der Waals surface area contributed by atoms with E-state index in [1.165, 1.54) is 0 Å². The average Bonchev–Trinajstić information content (AvgIpc) is 2.74. The minimum atomic E-state index is -0.612. The van der Waals surface area contributed by atoms with Crippen LogP contribution in [0.4, 0.5) is 0 Å². The Morgan fingerprint density at radius 3 is 1.71 bits per heavy atom. The van der Waals surface area contributed by atoms with E-state index in [-0.39, 0.29) is 0 Å². The van der Waals surface area contributed by atoms with Crippen molar-refractivity contribution in [3.8, 4) is 23.0 Å². The molecule has 0 unspecified atom stereocenters. The number of hydrogen-bond donors (Lipinski definition) is 1. The van der Waals surface area contributed by atoms with Crippen LogP contribution in [0.15, 0.2) is 24.3 Å². The van der Waals surface area contributed by atoms with E-state index in [9.17, 15) is 5.11 Å². The van der Waals surface area contributed by atoms with Gasteiger partial charge in [-0.1, -0.05) is 0 Å². The SMILES string of the molecule is COc1cc2c(cc1OC)C[C@@H](O)c1cc(OC)c(OC)cc1C2. The molecule has 0 amide bonds. The van der Waals surface area contributed by atoms with Gasteiger partial charge in [0.05, 0.1) is 34.5 Å². The predicted molar refractivity (Wildman–Crippen MR) is 90.6 cm³/mol. The second-order valence-electron chi connectivity index (χ2n) is 5.78. The zero-order chi connectivity index (χ0) is 17.3. The molecule has 0 fully saturated rings. The van der Waals surface area contributed by atoms with E-state index in [0.717, 1.165) is 22.3 Å². The topological polar surface area (TPSA) is 57.2 Å². The van der Waals surface area contributed by atoms with E-state index < -0.39 is 6.10 Å². The smallest absolute Gasteiger partial charge is 0.161 e. The summed E-state index contributed by atoms with van der Waals surface area (Å²) in [5, 5.41) is 10.7. The van der Waals surface area contributed by atoms with E-state index in [4.69, 9.17) is 18.9 Å². The van der Waals surface area contributed by atoms with Crippen molar-refractivity contribution >= 4 is 0 Å². The zero-order valence-corrected chi connectivity index (χ0v) is 14.4. The first-order valence-electron chi connectivity index (χ1n) is 7.77. The van der Waals surface area contributed by atoms with Crippen LogP contribution in [0, 0.1) is 0 Å². The summed E-state index contributed by atoms with van der Waals surface area (Å²) in [7, 11) is 6.44. The molecule has 3 rings (SSSR count). The summed E-state index contributed by atoms with van der Waals surface area (Å²) in [6.07, 6.45) is 0.583. The van der Waals surface area contributed by atoms with Crippen molar-refractivity contribution in [1.29, 1.82) is 0 Å². The van der Waals surface area contributed by atoms with E-state index >= 15 is 0 Å². The van der Waals surface area contributed by atoms with Crippen molar-refractivity contribution in [3.63, 3.8) is 0 Å². The van der Waals surface area contributed by atoms with E-state index in [2.05, 4.69) is 0 Å². The van der Waals surface area contributed by atoms with Crippen LogP contribution in [0.1, 0.15) is 28.4 Å². The van der Waals surface area contributed by atoms with Gasteiger partial charge in [0.15, 0.2) is 23.0 Å². The molecule has 1 aliphatic carbocycles. The van der Waals surface area contributed by atoms with Crippen LogP contribution in [0.3, 0.4) is 0 Å². The molecule has 128 valence electrons. The molecular weight excluding hydrogens is 308 g/mol. The van der Waals surface area contributed by atoms with Crippen molar-refractivity contribution in [3.05, 3.63) is 46.5 Å². The molecule has 2 aromatic carbocycles. The molecule has 0 aromatic heterocycles. The Labute approximate surface area is 141 Å². The van der Waals surface area contributed by atoms with Gasteiger partial charge in [-0.15, -0.1) is 0 Å². The van der Waals surface area contributed by atoms with Crippen LogP contribution >= 0.6 is 0 Å². The lowest BCUT2D eigenvalue weighted by molar-refractivity contribution is 0.178. The summed E-state index contributed by atoms with van der Waals surface area (Å²) < 4.78 is 21.6. The molecule has 1 aliphatic rings. The molecule has 0 bridgehead atoms. The molecule has 0 radical (unpaired) electrons. The molecule has 0 aliphatic heterocycles. The summed E-state index contributed by atoms with van der Waals surface area (Å²) in [5.74, 6) is 2.64. The highest BCUT2D eigenvalue weighted by atomic mass is 16.5. The van der Waals surface area contributed by atoms with Gasteiger partial charge < -0.3 is 24.1 Å². The van der Waals surface area contributed by atoms with Gasteiger partial charge >= 0.3 is 0 Å². The molecule has 5 heteroatoms. The largest absolute Gasteiger partial charge is 0.493 e. The van der Waals surface area contributed by atoms with Gasteiger partial charge in [0, 0.05) is 6.42 Å². The molecular formula is C19H22O5. The molecule has 0 spiro atoms. The standard InChI is InChI=1S/C19H22O5/c1-21-16-7-11-5-13-9-18(23-3)19(24-4)10-14(13)15(20)6-12(11)8-17(16)22-2/h7-10,15,20H,5-6H2,1-4H3/t15-/m1/s1.